The SMILES string of the molecule is CCOc1ccccc1CN(C)C(=O)c1cc2c(OC)cc(OC)c(OC)c2[nH]1. The van der Waals surface area contributed by atoms with Crippen molar-refractivity contribution in [3.8, 4) is 23.0 Å². The average Bonchev–Trinajstić information content (AvgIpc) is 3.18. The van der Waals surface area contributed by atoms with Crippen LogP contribution in [0.5, 0.6) is 23.0 Å². The zero-order valence-corrected chi connectivity index (χ0v) is 17.4. The number of hydrogen-bond donors (Lipinski definition) is 1. The summed E-state index contributed by atoms with van der Waals surface area (Å²) in [5, 5.41) is 0.747. The fourth-order valence-corrected chi connectivity index (χ4v) is 3.32. The molecule has 0 saturated carbocycles. The number of nitrogens with one attached hydrogen (secondary N) is 1. The third-order valence-corrected chi connectivity index (χ3v) is 4.70. The number of hydrogen-bond acceptors (Lipinski definition) is 5. The van der Waals surface area contributed by atoms with Crippen LogP contribution in [-0.4, -0.2) is 50.8 Å². The Morgan fingerprint density at radius 3 is 2.38 bits per heavy atom. The second kappa shape index (κ2) is 8.77. The lowest BCUT2D eigenvalue weighted by Crippen LogP contribution is -2.26. The van der Waals surface area contributed by atoms with Gasteiger partial charge in [-0.05, 0) is 19.1 Å². The number of fused-ring (bicyclic) bond motifs is 1. The van der Waals surface area contributed by atoms with E-state index < -0.39 is 0 Å². The number of aromatic nitrogens is 1. The molecular weight excluding hydrogens is 372 g/mol. The average molecular weight is 398 g/mol. The molecule has 0 saturated heterocycles. The summed E-state index contributed by atoms with van der Waals surface area (Å²) < 4.78 is 22.0. The number of para-hydroxylation sites is 1. The molecule has 3 rings (SSSR count). The van der Waals surface area contributed by atoms with Gasteiger partial charge in [-0.3, -0.25) is 4.79 Å². The molecule has 0 atom stereocenters. The molecule has 0 unspecified atom stereocenters. The molecule has 1 aromatic heterocycles. The first kappa shape index (κ1) is 20.4. The van der Waals surface area contributed by atoms with Crippen molar-refractivity contribution >= 4 is 16.8 Å². The van der Waals surface area contributed by atoms with Crippen molar-refractivity contribution in [1.29, 1.82) is 0 Å². The number of benzene rings is 2. The van der Waals surface area contributed by atoms with E-state index in [0.29, 0.717) is 41.6 Å². The number of H-pyrrole nitrogens is 1. The molecule has 2 aromatic carbocycles. The van der Waals surface area contributed by atoms with Crippen LogP contribution in [0.3, 0.4) is 0 Å². The van der Waals surface area contributed by atoms with Crippen molar-refractivity contribution < 1.29 is 23.7 Å². The maximum absolute atomic E-state index is 13.1. The number of carbonyl (C=O) groups excluding carboxylic acids is 1. The zero-order valence-electron chi connectivity index (χ0n) is 17.4. The molecule has 0 spiro atoms. The summed E-state index contributed by atoms with van der Waals surface area (Å²) in [6.45, 7) is 2.92. The van der Waals surface area contributed by atoms with E-state index >= 15 is 0 Å². The van der Waals surface area contributed by atoms with Crippen molar-refractivity contribution in [1.82, 2.24) is 9.88 Å². The molecule has 1 N–H and O–H groups in total. The van der Waals surface area contributed by atoms with Crippen molar-refractivity contribution in [3.63, 3.8) is 0 Å². The lowest BCUT2D eigenvalue weighted by molar-refractivity contribution is 0.0779. The number of amides is 1. The molecule has 0 aliphatic carbocycles. The van der Waals surface area contributed by atoms with Crippen LogP contribution in [0.25, 0.3) is 10.9 Å². The van der Waals surface area contributed by atoms with Gasteiger partial charge in [0.25, 0.3) is 5.91 Å². The fourth-order valence-electron chi connectivity index (χ4n) is 3.32. The van der Waals surface area contributed by atoms with Crippen LogP contribution < -0.4 is 18.9 Å². The van der Waals surface area contributed by atoms with Gasteiger partial charge in [0.05, 0.1) is 33.5 Å². The predicted octanol–water partition coefficient (Wildman–Crippen LogP) is 3.86. The number of nitrogens with zero attached hydrogens (tertiary/aromatic N) is 1. The van der Waals surface area contributed by atoms with Gasteiger partial charge < -0.3 is 28.8 Å². The van der Waals surface area contributed by atoms with E-state index in [9.17, 15) is 4.79 Å². The Bertz CT molecular complexity index is 1010. The highest BCUT2D eigenvalue weighted by Gasteiger charge is 2.21. The minimum Gasteiger partial charge on any atom is -0.496 e. The van der Waals surface area contributed by atoms with Crippen molar-refractivity contribution in [3.05, 3.63) is 47.7 Å². The molecule has 1 heterocycles. The lowest BCUT2D eigenvalue weighted by Gasteiger charge is -2.18. The first-order valence-corrected chi connectivity index (χ1v) is 9.31. The second-order valence-corrected chi connectivity index (χ2v) is 6.49. The molecule has 0 aliphatic heterocycles. The van der Waals surface area contributed by atoms with Crippen LogP contribution in [-0.2, 0) is 6.54 Å². The monoisotopic (exact) mass is 398 g/mol. The summed E-state index contributed by atoms with van der Waals surface area (Å²) in [6, 6.07) is 11.2. The minimum atomic E-state index is -0.157. The third kappa shape index (κ3) is 3.94. The van der Waals surface area contributed by atoms with Gasteiger partial charge in [-0.15, -0.1) is 0 Å². The summed E-state index contributed by atoms with van der Waals surface area (Å²) in [4.78, 5) is 17.9. The van der Waals surface area contributed by atoms with Gasteiger partial charge in [0.2, 0.25) is 0 Å². The maximum atomic E-state index is 13.1. The largest absolute Gasteiger partial charge is 0.496 e. The Labute approximate surface area is 170 Å². The molecule has 0 bridgehead atoms. The summed E-state index contributed by atoms with van der Waals surface area (Å²) in [6.07, 6.45) is 0. The molecule has 1 amide bonds. The number of aromatic amines is 1. The molecule has 0 aliphatic rings. The molecule has 7 heteroatoms. The molecular formula is C22H26N2O5. The Morgan fingerprint density at radius 1 is 1.00 bits per heavy atom. The van der Waals surface area contributed by atoms with Crippen molar-refractivity contribution in [2.45, 2.75) is 13.5 Å². The van der Waals surface area contributed by atoms with E-state index in [2.05, 4.69) is 4.98 Å². The number of ether oxygens (including phenoxy) is 4. The van der Waals surface area contributed by atoms with Gasteiger partial charge in [0.15, 0.2) is 11.5 Å². The molecule has 29 heavy (non-hydrogen) atoms. The van der Waals surface area contributed by atoms with Crippen molar-refractivity contribution in [2.75, 3.05) is 35.0 Å². The van der Waals surface area contributed by atoms with Crippen LogP contribution in [0.2, 0.25) is 0 Å². The molecule has 0 radical (unpaired) electrons. The molecule has 7 nitrogen and oxygen atoms in total. The molecule has 0 fully saturated rings. The topological polar surface area (TPSA) is 73.0 Å². The zero-order chi connectivity index (χ0) is 21.0. The van der Waals surface area contributed by atoms with E-state index in [4.69, 9.17) is 18.9 Å². The number of methoxy groups -OCH3 is 3. The van der Waals surface area contributed by atoms with Gasteiger partial charge in [-0.2, -0.15) is 0 Å². The summed E-state index contributed by atoms with van der Waals surface area (Å²) in [5.41, 5.74) is 2.02. The summed E-state index contributed by atoms with van der Waals surface area (Å²) in [5.74, 6) is 2.26. The second-order valence-electron chi connectivity index (χ2n) is 6.49. The Balaban J connectivity index is 1.95. The Kier molecular flexibility index (Phi) is 6.16. The highest BCUT2D eigenvalue weighted by molar-refractivity contribution is 6.02. The lowest BCUT2D eigenvalue weighted by atomic mass is 10.2. The third-order valence-electron chi connectivity index (χ3n) is 4.70. The number of rotatable bonds is 8. The first-order valence-electron chi connectivity index (χ1n) is 9.31. The van der Waals surface area contributed by atoms with Gasteiger partial charge in [0.1, 0.15) is 17.2 Å². The summed E-state index contributed by atoms with van der Waals surface area (Å²) in [7, 11) is 6.45. The fraction of sp³-hybridized carbons (Fsp3) is 0.318. The quantitative estimate of drug-likeness (QED) is 0.624. The standard InChI is InChI=1S/C22H26N2O5/c1-6-29-17-10-8-7-9-14(17)13-24(2)22(25)16-11-15-18(26-3)12-19(27-4)21(28-5)20(15)23-16/h7-12,23H,6,13H2,1-5H3. The van der Waals surface area contributed by atoms with Crippen LogP contribution in [0, 0.1) is 0 Å². The van der Waals surface area contributed by atoms with Gasteiger partial charge in [0, 0.05) is 30.6 Å². The van der Waals surface area contributed by atoms with E-state index in [0.717, 1.165) is 16.7 Å². The van der Waals surface area contributed by atoms with E-state index in [1.165, 1.54) is 0 Å². The van der Waals surface area contributed by atoms with Crippen molar-refractivity contribution in [2.24, 2.45) is 0 Å². The van der Waals surface area contributed by atoms with E-state index in [1.807, 2.05) is 31.2 Å². The normalized spacial score (nSPS) is 10.7. The van der Waals surface area contributed by atoms with Gasteiger partial charge in [-0.1, -0.05) is 18.2 Å². The smallest absolute Gasteiger partial charge is 0.270 e. The summed E-state index contributed by atoms with van der Waals surface area (Å²) >= 11 is 0. The number of carbonyl (C=O) groups is 1. The van der Waals surface area contributed by atoms with E-state index in [1.54, 1.807) is 45.4 Å². The Morgan fingerprint density at radius 2 is 1.72 bits per heavy atom. The maximum Gasteiger partial charge on any atom is 0.270 e. The minimum absolute atomic E-state index is 0.157. The van der Waals surface area contributed by atoms with Crippen LogP contribution in [0.15, 0.2) is 36.4 Å². The molecule has 3 aromatic rings. The van der Waals surface area contributed by atoms with Crippen LogP contribution in [0.4, 0.5) is 0 Å². The highest BCUT2D eigenvalue weighted by Crippen LogP contribution is 2.41. The van der Waals surface area contributed by atoms with Crippen LogP contribution in [0.1, 0.15) is 23.0 Å². The van der Waals surface area contributed by atoms with E-state index in [-0.39, 0.29) is 5.91 Å². The highest BCUT2D eigenvalue weighted by atomic mass is 16.5. The van der Waals surface area contributed by atoms with Crippen LogP contribution >= 0.6 is 0 Å². The molecule has 154 valence electrons. The van der Waals surface area contributed by atoms with Gasteiger partial charge in [-0.25, -0.2) is 0 Å². The van der Waals surface area contributed by atoms with Gasteiger partial charge >= 0.3 is 0 Å². The predicted molar refractivity (Wildman–Crippen MR) is 111 cm³/mol. The Hall–Kier alpha value is -3.35. The first-order chi connectivity index (χ1) is 14.0.